The first-order valence-corrected chi connectivity index (χ1v) is 11.7. The van der Waals surface area contributed by atoms with E-state index in [-0.39, 0.29) is 17.4 Å². The summed E-state index contributed by atoms with van der Waals surface area (Å²) in [4.78, 5) is 20.1. The van der Waals surface area contributed by atoms with Gasteiger partial charge in [-0.15, -0.1) is 11.3 Å². The van der Waals surface area contributed by atoms with Crippen molar-refractivity contribution >= 4 is 28.1 Å². The Bertz CT molecular complexity index is 1130. The number of para-hydroxylation sites is 1. The highest BCUT2D eigenvalue weighted by molar-refractivity contribution is 7.14. The molecule has 8 heteroatoms. The number of thiazole rings is 1. The lowest BCUT2D eigenvalue weighted by Gasteiger charge is -2.40. The number of anilines is 2. The molecule has 164 valence electrons. The largest absolute Gasteiger partial charge is 0.380 e. The molecule has 5 rings (SSSR count). The number of aromatic nitrogens is 2. The second-order valence-electron chi connectivity index (χ2n) is 8.57. The number of nitrogens with zero attached hydrogens (tertiary/aromatic N) is 4. The van der Waals surface area contributed by atoms with Gasteiger partial charge in [-0.3, -0.25) is 10.1 Å². The van der Waals surface area contributed by atoms with Crippen LogP contribution in [0.5, 0.6) is 0 Å². The van der Waals surface area contributed by atoms with Gasteiger partial charge < -0.3 is 14.2 Å². The number of nitrogens with one attached hydrogen (secondary N) is 1. The van der Waals surface area contributed by atoms with Crippen LogP contribution in [0, 0.1) is 16.7 Å². The molecule has 4 heterocycles. The normalized spacial score (nSPS) is 19.3. The maximum Gasteiger partial charge on any atom is 0.274 e. The first-order chi connectivity index (χ1) is 15.7. The Hall–Kier alpha value is -3.15. The lowest BCUT2D eigenvalue weighted by molar-refractivity contribution is -0.119. The molecule has 1 N–H and O–H groups in total. The molecule has 0 aliphatic carbocycles. The molecule has 0 saturated carbocycles. The van der Waals surface area contributed by atoms with E-state index in [2.05, 4.69) is 40.6 Å². The minimum absolute atomic E-state index is 0.186. The Morgan fingerprint density at radius 3 is 2.88 bits per heavy atom. The van der Waals surface area contributed by atoms with Crippen molar-refractivity contribution in [3.8, 4) is 6.07 Å². The zero-order valence-corrected chi connectivity index (χ0v) is 18.6. The number of benzene rings is 1. The highest BCUT2D eigenvalue weighted by Gasteiger charge is 2.39. The molecular formula is C24H25N5O2S. The monoisotopic (exact) mass is 447 g/mol. The molecule has 0 unspecified atom stereocenters. The molecule has 2 aliphatic heterocycles. The van der Waals surface area contributed by atoms with Gasteiger partial charge in [-0.2, -0.15) is 5.26 Å². The molecule has 0 radical (unpaired) electrons. The summed E-state index contributed by atoms with van der Waals surface area (Å²) in [7, 11) is 0. The van der Waals surface area contributed by atoms with Crippen molar-refractivity contribution in [2.45, 2.75) is 31.8 Å². The number of ether oxygens (including phenoxy) is 1. The zero-order chi connectivity index (χ0) is 22.0. The van der Waals surface area contributed by atoms with E-state index in [1.807, 2.05) is 28.3 Å². The zero-order valence-electron chi connectivity index (χ0n) is 17.7. The summed E-state index contributed by atoms with van der Waals surface area (Å²) in [5, 5.41) is 14.8. The molecule has 2 aromatic heterocycles. The number of nitriles is 1. The van der Waals surface area contributed by atoms with Gasteiger partial charge in [-0.1, -0.05) is 18.2 Å². The summed E-state index contributed by atoms with van der Waals surface area (Å²) in [5.41, 5.74) is 2.57. The highest BCUT2D eigenvalue weighted by atomic mass is 32.1. The topological polar surface area (TPSA) is 83.2 Å². The van der Waals surface area contributed by atoms with Gasteiger partial charge in [0, 0.05) is 42.2 Å². The van der Waals surface area contributed by atoms with E-state index in [0.717, 1.165) is 25.1 Å². The lowest BCUT2D eigenvalue weighted by atomic mass is 9.83. The summed E-state index contributed by atoms with van der Waals surface area (Å²) in [6, 6.07) is 16.6. The van der Waals surface area contributed by atoms with Crippen LogP contribution in [0.15, 0.2) is 54.0 Å². The number of hydrogen-bond acceptors (Lipinski definition) is 6. The van der Waals surface area contributed by atoms with Gasteiger partial charge in [0.25, 0.3) is 5.91 Å². The molecule has 7 nitrogen and oxygen atoms in total. The van der Waals surface area contributed by atoms with Gasteiger partial charge in [0.05, 0.1) is 31.0 Å². The number of amides is 1. The van der Waals surface area contributed by atoms with Crippen molar-refractivity contribution in [2.24, 2.45) is 5.41 Å². The first kappa shape index (κ1) is 20.7. The lowest BCUT2D eigenvalue weighted by Crippen LogP contribution is -2.46. The van der Waals surface area contributed by atoms with E-state index in [1.54, 1.807) is 6.07 Å². The van der Waals surface area contributed by atoms with Crippen LogP contribution in [-0.2, 0) is 11.3 Å². The molecule has 32 heavy (non-hydrogen) atoms. The first-order valence-electron chi connectivity index (χ1n) is 10.9. The van der Waals surface area contributed by atoms with E-state index in [9.17, 15) is 4.79 Å². The van der Waals surface area contributed by atoms with Crippen LogP contribution in [0.3, 0.4) is 0 Å². The standard InChI is InChI=1S/C24H25N5O2S/c25-11-10-24(16-31-17-24)15-28-12-4-9-21(28)22(30)27-23-26-19(14-32-23)20-8-5-13-29(20)18-6-2-1-3-7-18/h1-4,6-7,9,12,14,20H,5,8,10,13,15-17H2,(H,26,27,30)/t20-/m1/s1. The Morgan fingerprint density at radius 2 is 2.12 bits per heavy atom. The third-order valence-electron chi connectivity index (χ3n) is 6.26. The summed E-state index contributed by atoms with van der Waals surface area (Å²) in [6.45, 7) is 2.70. The second-order valence-corrected chi connectivity index (χ2v) is 9.43. The van der Waals surface area contributed by atoms with Crippen molar-refractivity contribution in [1.29, 1.82) is 5.26 Å². The van der Waals surface area contributed by atoms with E-state index < -0.39 is 0 Å². The van der Waals surface area contributed by atoms with Crippen LogP contribution in [-0.4, -0.2) is 35.2 Å². The molecule has 1 amide bonds. The molecule has 1 aromatic carbocycles. The SMILES string of the molecule is N#CCC1(Cn2cccc2C(=O)Nc2nc([C@H]3CCCN3c3ccccc3)cs2)COC1. The van der Waals surface area contributed by atoms with Crippen LogP contribution in [0.25, 0.3) is 0 Å². The minimum Gasteiger partial charge on any atom is -0.380 e. The minimum atomic E-state index is -0.208. The van der Waals surface area contributed by atoms with Gasteiger partial charge in [0.15, 0.2) is 5.13 Å². The van der Waals surface area contributed by atoms with Crippen LogP contribution in [0.1, 0.15) is 41.5 Å². The fourth-order valence-electron chi connectivity index (χ4n) is 4.59. The molecule has 2 saturated heterocycles. The van der Waals surface area contributed by atoms with Crippen molar-refractivity contribution in [2.75, 3.05) is 30.0 Å². The molecule has 3 aromatic rings. The van der Waals surface area contributed by atoms with Gasteiger partial charge in [0.1, 0.15) is 5.69 Å². The molecule has 0 spiro atoms. The van der Waals surface area contributed by atoms with Crippen molar-refractivity contribution in [1.82, 2.24) is 9.55 Å². The van der Waals surface area contributed by atoms with Gasteiger partial charge >= 0.3 is 0 Å². The fourth-order valence-corrected chi connectivity index (χ4v) is 5.34. The van der Waals surface area contributed by atoms with Gasteiger partial charge in [0.2, 0.25) is 0 Å². The van der Waals surface area contributed by atoms with Crippen LogP contribution < -0.4 is 10.2 Å². The molecule has 2 fully saturated rings. The van der Waals surface area contributed by atoms with Crippen molar-refractivity contribution in [3.05, 3.63) is 65.4 Å². The summed E-state index contributed by atoms with van der Waals surface area (Å²) < 4.78 is 7.26. The fraction of sp³-hybridized carbons (Fsp3) is 0.375. The Balaban J connectivity index is 1.28. The second kappa shape index (κ2) is 8.77. The van der Waals surface area contributed by atoms with Gasteiger partial charge in [-0.25, -0.2) is 4.98 Å². The quantitative estimate of drug-likeness (QED) is 0.578. The maximum atomic E-state index is 13.0. The Morgan fingerprint density at radius 1 is 1.28 bits per heavy atom. The third-order valence-corrected chi connectivity index (χ3v) is 7.04. The smallest absolute Gasteiger partial charge is 0.274 e. The number of carbonyl (C=O) groups excluding carboxylic acids is 1. The molecule has 2 aliphatic rings. The van der Waals surface area contributed by atoms with Crippen LogP contribution in [0.2, 0.25) is 0 Å². The average Bonchev–Trinajstić information content (AvgIpc) is 3.53. The predicted molar refractivity (Wildman–Crippen MR) is 124 cm³/mol. The van der Waals surface area contributed by atoms with Crippen LogP contribution in [0.4, 0.5) is 10.8 Å². The summed E-state index contributed by atoms with van der Waals surface area (Å²) in [6.07, 6.45) is 4.48. The average molecular weight is 448 g/mol. The van der Waals surface area contributed by atoms with E-state index in [0.29, 0.717) is 37.0 Å². The molecule has 1 atom stereocenters. The Labute approximate surface area is 191 Å². The number of hydrogen-bond donors (Lipinski definition) is 1. The van der Waals surface area contributed by atoms with E-state index in [4.69, 9.17) is 15.0 Å². The molecule has 0 bridgehead atoms. The number of carbonyl (C=O) groups is 1. The summed E-state index contributed by atoms with van der Waals surface area (Å²) in [5.74, 6) is -0.186. The molecular weight excluding hydrogens is 422 g/mol. The summed E-state index contributed by atoms with van der Waals surface area (Å²) >= 11 is 1.46. The number of rotatable bonds is 7. The van der Waals surface area contributed by atoms with Crippen molar-refractivity contribution in [3.63, 3.8) is 0 Å². The van der Waals surface area contributed by atoms with Gasteiger partial charge in [-0.05, 0) is 37.1 Å². The van der Waals surface area contributed by atoms with E-state index >= 15 is 0 Å². The van der Waals surface area contributed by atoms with Crippen molar-refractivity contribution < 1.29 is 9.53 Å². The maximum absolute atomic E-state index is 13.0. The predicted octanol–water partition coefficient (Wildman–Crippen LogP) is 4.47. The van der Waals surface area contributed by atoms with E-state index in [1.165, 1.54) is 17.0 Å². The van der Waals surface area contributed by atoms with Crippen LogP contribution >= 0.6 is 11.3 Å². The third kappa shape index (κ3) is 4.01. The highest BCUT2D eigenvalue weighted by Crippen LogP contribution is 2.37. The Kier molecular flexibility index (Phi) is 5.68.